The molecule has 0 N–H and O–H groups in total. The first-order valence-electron chi connectivity index (χ1n) is 3.68. The van der Waals surface area contributed by atoms with Gasteiger partial charge in [-0.25, -0.2) is 8.42 Å². The molecule has 1 aromatic rings. The topological polar surface area (TPSA) is 51.2 Å². The number of hydrogen-bond donors (Lipinski definition) is 0. The number of sulfone groups is 1. The van der Waals surface area contributed by atoms with E-state index >= 15 is 0 Å². The summed E-state index contributed by atoms with van der Waals surface area (Å²) >= 11 is 0. The van der Waals surface area contributed by atoms with Crippen LogP contribution >= 0.6 is 0 Å². The molecular formula is C9H6O3S. The highest BCUT2D eigenvalue weighted by Crippen LogP contribution is 2.23. The molecule has 4 heteroatoms. The van der Waals surface area contributed by atoms with Crippen LogP contribution in [-0.4, -0.2) is 13.5 Å². The molecule has 0 saturated heterocycles. The molecule has 0 radical (unpaired) electrons. The summed E-state index contributed by atoms with van der Waals surface area (Å²) in [5, 5.41) is -0.841. The zero-order chi connectivity index (χ0) is 9.47. The average Bonchev–Trinajstić information content (AvgIpc) is 2.13. The summed E-state index contributed by atoms with van der Waals surface area (Å²) in [6, 6.07) is 6.43. The number of rotatable bonds is 0. The van der Waals surface area contributed by atoms with E-state index in [4.69, 9.17) is 0 Å². The van der Waals surface area contributed by atoms with Gasteiger partial charge in [-0.3, -0.25) is 4.79 Å². The molecule has 0 aliphatic carbocycles. The van der Waals surface area contributed by atoms with Crippen molar-refractivity contribution in [3.05, 3.63) is 35.9 Å². The summed E-state index contributed by atoms with van der Waals surface area (Å²) in [6.45, 7) is 0. The van der Waals surface area contributed by atoms with Crippen molar-refractivity contribution in [1.82, 2.24) is 0 Å². The highest BCUT2D eigenvalue weighted by atomic mass is 32.2. The van der Waals surface area contributed by atoms with Crippen LogP contribution < -0.4 is 0 Å². The summed E-state index contributed by atoms with van der Waals surface area (Å²) in [6.07, 6.45) is 2.59. The molecule has 0 atom stereocenters. The first-order chi connectivity index (χ1) is 6.12. The maximum Gasteiger partial charge on any atom is 0.274 e. The summed E-state index contributed by atoms with van der Waals surface area (Å²) in [7, 11) is -3.75. The van der Waals surface area contributed by atoms with Crippen molar-refractivity contribution in [3.8, 4) is 0 Å². The smallest absolute Gasteiger partial charge is 0.274 e. The number of carbonyl (C=O) groups is 1. The van der Waals surface area contributed by atoms with Crippen molar-refractivity contribution in [2.24, 2.45) is 0 Å². The van der Waals surface area contributed by atoms with Crippen LogP contribution in [0.5, 0.6) is 0 Å². The van der Waals surface area contributed by atoms with Crippen LogP contribution in [0.4, 0.5) is 0 Å². The fraction of sp³-hybridized carbons (Fsp3) is 0. The predicted molar refractivity (Wildman–Crippen MR) is 47.7 cm³/mol. The second-order valence-electron chi connectivity index (χ2n) is 2.69. The molecule has 1 aliphatic heterocycles. The molecule has 0 unspecified atom stereocenters. The van der Waals surface area contributed by atoms with E-state index in [9.17, 15) is 13.2 Å². The second-order valence-corrected chi connectivity index (χ2v) is 4.54. The van der Waals surface area contributed by atoms with Gasteiger partial charge in [0.1, 0.15) is 0 Å². The van der Waals surface area contributed by atoms with Crippen LogP contribution in [0.3, 0.4) is 0 Å². The Morgan fingerprint density at radius 1 is 1.00 bits per heavy atom. The van der Waals surface area contributed by atoms with Crippen molar-refractivity contribution in [1.29, 1.82) is 0 Å². The standard InChI is InChI=1S/C9H6O3S/c10-9-6-5-7-3-1-2-4-8(7)13(9,11)12/h1-6H. The van der Waals surface area contributed by atoms with E-state index in [2.05, 4.69) is 0 Å². The number of carbonyl (C=O) groups excluding carboxylic acids is 1. The predicted octanol–water partition coefficient (Wildman–Crippen LogP) is 1.01. The van der Waals surface area contributed by atoms with Crippen molar-refractivity contribution < 1.29 is 13.2 Å². The van der Waals surface area contributed by atoms with Crippen LogP contribution in [0.15, 0.2) is 35.2 Å². The van der Waals surface area contributed by atoms with Gasteiger partial charge in [-0.05, 0) is 23.8 Å². The fourth-order valence-electron chi connectivity index (χ4n) is 1.22. The van der Waals surface area contributed by atoms with E-state index in [1.165, 1.54) is 12.1 Å². The molecule has 1 aromatic carbocycles. The highest BCUT2D eigenvalue weighted by molar-refractivity contribution is 8.06. The van der Waals surface area contributed by atoms with Crippen molar-refractivity contribution in [2.45, 2.75) is 4.90 Å². The molecule has 2 rings (SSSR count). The maximum atomic E-state index is 11.4. The van der Waals surface area contributed by atoms with E-state index in [0.29, 0.717) is 5.56 Å². The minimum absolute atomic E-state index is 0.0995. The summed E-state index contributed by atoms with van der Waals surface area (Å²) in [4.78, 5) is 11.1. The molecular weight excluding hydrogens is 188 g/mol. The van der Waals surface area contributed by atoms with E-state index in [0.717, 1.165) is 6.08 Å². The fourth-order valence-corrected chi connectivity index (χ4v) is 2.39. The van der Waals surface area contributed by atoms with Gasteiger partial charge >= 0.3 is 0 Å². The third kappa shape index (κ3) is 1.10. The normalized spacial score (nSPS) is 18.3. The Labute approximate surface area is 75.6 Å². The minimum Gasteiger partial charge on any atom is -0.276 e. The molecule has 1 heterocycles. The van der Waals surface area contributed by atoms with Crippen LogP contribution in [0.25, 0.3) is 6.08 Å². The van der Waals surface area contributed by atoms with Gasteiger partial charge in [-0.15, -0.1) is 0 Å². The Kier molecular flexibility index (Phi) is 1.60. The zero-order valence-corrected chi connectivity index (χ0v) is 7.41. The van der Waals surface area contributed by atoms with E-state index in [-0.39, 0.29) is 4.90 Å². The minimum atomic E-state index is -3.75. The largest absolute Gasteiger partial charge is 0.276 e. The SMILES string of the molecule is O=C1C=Cc2ccccc2S1(=O)=O. The Hall–Kier alpha value is -1.42. The zero-order valence-electron chi connectivity index (χ0n) is 6.60. The molecule has 0 spiro atoms. The summed E-state index contributed by atoms with van der Waals surface area (Å²) < 4.78 is 22.8. The molecule has 1 aliphatic rings. The molecule has 3 nitrogen and oxygen atoms in total. The maximum absolute atomic E-state index is 11.4. The average molecular weight is 194 g/mol. The van der Waals surface area contributed by atoms with E-state index < -0.39 is 15.0 Å². The first-order valence-corrected chi connectivity index (χ1v) is 5.17. The Balaban J connectivity index is 2.83. The second kappa shape index (κ2) is 2.53. The monoisotopic (exact) mass is 194 g/mol. The first kappa shape index (κ1) is 8.19. The molecule has 66 valence electrons. The molecule has 0 bridgehead atoms. The van der Waals surface area contributed by atoms with Crippen LogP contribution in [0.1, 0.15) is 5.56 Å². The summed E-state index contributed by atoms with van der Waals surface area (Å²) in [5.41, 5.74) is 0.571. The van der Waals surface area contributed by atoms with Crippen LogP contribution in [-0.2, 0) is 14.6 Å². The van der Waals surface area contributed by atoms with Gasteiger partial charge in [-0.1, -0.05) is 18.2 Å². The highest BCUT2D eigenvalue weighted by Gasteiger charge is 2.27. The van der Waals surface area contributed by atoms with Crippen LogP contribution in [0, 0.1) is 0 Å². The van der Waals surface area contributed by atoms with Gasteiger partial charge in [-0.2, -0.15) is 0 Å². The lowest BCUT2D eigenvalue weighted by atomic mass is 10.2. The quantitative estimate of drug-likeness (QED) is 0.619. The number of fused-ring (bicyclic) bond motifs is 1. The Bertz CT molecular complexity index is 497. The Morgan fingerprint density at radius 3 is 2.46 bits per heavy atom. The van der Waals surface area contributed by atoms with Gasteiger partial charge in [0, 0.05) is 0 Å². The van der Waals surface area contributed by atoms with Crippen molar-refractivity contribution in [2.75, 3.05) is 0 Å². The van der Waals surface area contributed by atoms with E-state index in [1.54, 1.807) is 18.2 Å². The van der Waals surface area contributed by atoms with Gasteiger partial charge in [0.05, 0.1) is 4.90 Å². The lowest BCUT2D eigenvalue weighted by Crippen LogP contribution is -2.16. The molecule has 0 aromatic heterocycles. The summed E-state index contributed by atoms with van der Waals surface area (Å²) in [5.74, 6) is 0. The van der Waals surface area contributed by atoms with Crippen molar-refractivity contribution >= 4 is 21.0 Å². The third-order valence-corrected chi connectivity index (χ3v) is 3.49. The Morgan fingerprint density at radius 2 is 1.69 bits per heavy atom. The third-order valence-electron chi connectivity index (χ3n) is 1.87. The van der Waals surface area contributed by atoms with Gasteiger partial charge in [0.15, 0.2) is 0 Å². The molecule has 0 amide bonds. The van der Waals surface area contributed by atoms with Crippen LogP contribution in [0.2, 0.25) is 0 Å². The van der Waals surface area contributed by atoms with E-state index in [1.807, 2.05) is 0 Å². The number of hydrogen-bond acceptors (Lipinski definition) is 3. The van der Waals surface area contributed by atoms with Gasteiger partial charge in [0.25, 0.3) is 5.12 Å². The van der Waals surface area contributed by atoms with Gasteiger partial charge < -0.3 is 0 Å². The molecule has 0 fully saturated rings. The number of benzene rings is 1. The lowest BCUT2D eigenvalue weighted by molar-refractivity contribution is -0.107. The van der Waals surface area contributed by atoms with Gasteiger partial charge in [0.2, 0.25) is 9.84 Å². The van der Waals surface area contributed by atoms with Crippen molar-refractivity contribution in [3.63, 3.8) is 0 Å². The molecule has 13 heavy (non-hydrogen) atoms. The lowest BCUT2D eigenvalue weighted by Gasteiger charge is -2.08. The molecule has 0 saturated carbocycles.